The van der Waals surface area contributed by atoms with Crippen molar-refractivity contribution in [2.75, 3.05) is 6.61 Å². The quantitative estimate of drug-likeness (QED) is 0.180. The lowest BCUT2D eigenvalue weighted by Gasteiger charge is -2.24. The number of carbonyl (C=O) groups is 1. The smallest absolute Gasteiger partial charge is 0.338 e. The Hall–Kier alpha value is -5.17. The van der Waals surface area contributed by atoms with Gasteiger partial charge in [0.1, 0.15) is 11.5 Å². The molecule has 0 saturated heterocycles. The fourth-order valence-electron chi connectivity index (χ4n) is 4.59. The van der Waals surface area contributed by atoms with Gasteiger partial charge in [-0.2, -0.15) is 0 Å². The molecule has 1 atom stereocenters. The van der Waals surface area contributed by atoms with Crippen molar-refractivity contribution in [3.8, 4) is 11.3 Å². The first-order chi connectivity index (χ1) is 19.6. The minimum Gasteiger partial charge on any atom is -0.463 e. The van der Waals surface area contributed by atoms with Crippen LogP contribution in [0, 0.1) is 27.2 Å². The molecule has 41 heavy (non-hydrogen) atoms. The van der Waals surface area contributed by atoms with E-state index in [1.165, 1.54) is 28.8 Å². The van der Waals surface area contributed by atoms with Gasteiger partial charge in [0, 0.05) is 35.4 Å². The van der Waals surface area contributed by atoms with Gasteiger partial charge in [0.05, 0.1) is 38.3 Å². The fourth-order valence-corrected chi connectivity index (χ4v) is 5.61. The zero-order chi connectivity index (χ0) is 29.4. The summed E-state index contributed by atoms with van der Waals surface area (Å²) in [5, 5.41) is 22.8. The number of non-ortho nitro benzene ring substituents is 1. The van der Waals surface area contributed by atoms with E-state index in [0.717, 1.165) is 11.3 Å². The highest BCUT2D eigenvalue weighted by Crippen LogP contribution is 2.33. The zero-order valence-corrected chi connectivity index (χ0v) is 22.8. The number of benzene rings is 2. The molecule has 0 saturated carbocycles. The van der Waals surface area contributed by atoms with E-state index in [9.17, 15) is 29.8 Å². The molecule has 0 spiro atoms. The van der Waals surface area contributed by atoms with Gasteiger partial charge in [-0.25, -0.2) is 9.79 Å². The van der Waals surface area contributed by atoms with Crippen LogP contribution in [0.2, 0.25) is 0 Å². The first-order valence-corrected chi connectivity index (χ1v) is 13.2. The number of nitro groups is 2. The van der Waals surface area contributed by atoms with Crippen LogP contribution >= 0.6 is 11.3 Å². The highest BCUT2D eigenvalue weighted by atomic mass is 32.1. The second-order valence-corrected chi connectivity index (χ2v) is 10.1. The van der Waals surface area contributed by atoms with Crippen molar-refractivity contribution in [1.82, 2.24) is 4.57 Å². The van der Waals surface area contributed by atoms with E-state index in [1.54, 1.807) is 57.2 Å². The Morgan fingerprint density at radius 1 is 1.12 bits per heavy atom. The Morgan fingerprint density at radius 3 is 2.61 bits per heavy atom. The van der Waals surface area contributed by atoms with Crippen LogP contribution in [0.1, 0.15) is 36.8 Å². The number of hydrogen-bond acceptors (Lipinski definition) is 10. The van der Waals surface area contributed by atoms with E-state index in [0.29, 0.717) is 38.7 Å². The minimum absolute atomic E-state index is 0.0853. The van der Waals surface area contributed by atoms with E-state index < -0.39 is 27.4 Å². The minimum atomic E-state index is -1.01. The zero-order valence-electron chi connectivity index (χ0n) is 22.0. The molecule has 1 aliphatic rings. The van der Waals surface area contributed by atoms with Crippen molar-refractivity contribution in [1.29, 1.82) is 0 Å². The van der Waals surface area contributed by atoms with E-state index in [2.05, 4.69) is 4.99 Å². The molecule has 5 rings (SSSR count). The lowest BCUT2D eigenvalue weighted by molar-refractivity contribution is -0.385. The Labute approximate surface area is 235 Å². The number of thiazole rings is 1. The SMILES string of the molecule is CCOC(=O)C1=C(C)N=c2s/c(=C/c3ccc(-c4cccc([N+](=O)[O-])c4)o3)c(=O)n2[C@H]1c1ccc(C)c([N+](=O)[O-])c1. The van der Waals surface area contributed by atoms with Crippen LogP contribution < -0.4 is 14.9 Å². The summed E-state index contributed by atoms with van der Waals surface area (Å²) in [4.78, 5) is 53.4. The largest absolute Gasteiger partial charge is 0.463 e. The molecule has 0 radical (unpaired) electrons. The Bertz CT molecular complexity index is 1950. The molecule has 3 heterocycles. The number of hydrogen-bond donors (Lipinski definition) is 0. The van der Waals surface area contributed by atoms with Crippen LogP contribution in [0.4, 0.5) is 11.4 Å². The molecular formula is C28H22N4O8S. The topological polar surface area (TPSA) is 160 Å². The van der Waals surface area contributed by atoms with Gasteiger partial charge in [-0.3, -0.25) is 29.6 Å². The second kappa shape index (κ2) is 10.8. The molecule has 1 aliphatic heterocycles. The van der Waals surface area contributed by atoms with Gasteiger partial charge in [-0.05, 0) is 38.5 Å². The van der Waals surface area contributed by atoms with E-state index in [4.69, 9.17) is 9.15 Å². The maximum absolute atomic E-state index is 13.8. The number of furan rings is 1. The number of carbonyl (C=O) groups excluding carboxylic acids is 1. The summed E-state index contributed by atoms with van der Waals surface area (Å²) in [6.45, 7) is 4.97. The van der Waals surface area contributed by atoms with Crippen molar-refractivity contribution >= 4 is 34.8 Å². The van der Waals surface area contributed by atoms with Gasteiger partial charge < -0.3 is 9.15 Å². The summed E-state index contributed by atoms with van der Waals surface area (Å²) in [5.74, 6) is 0.0162. The van der Waals surface area contributed by atoms with Gasteiger partial charge in [-0.15, -0.1) is 0 Å². The molecule has 2 aromatic carbocycles. The monoisotopic (exact) mass is 574 g/mol. The lowest BCUT2D eigenvalue weighted by Crippen LogP contribution is -2.40. The third-order valence-electron chi connectivity index (χ3n) is 6.50. The van der Waals surface area contributed by atoms with Crippen LogP contribution in [0.15, 0.2) is 80.1 Å². The molecule has 0 bridgehead atoms. The van der Waals surface area contributed by atoms with Crippen LogP contribution in [-0.2, 0) is 9.53 Å². The predicted octanol–water partition coefficient (Wildman–Crippen LogP) is 4.18. The number of rotatable bonds is 7. The molecule has 0 amide bonds. The lowest BCUT2D eigenvalue weighted by atomic mass is 9.94. The molecule has 208 valence electrons. The number of nitro benzene ring substituents is 2. The van der Waals surface area contributed by atoms with Crippen LogP contribution in [0.25, 0.3) is 17.4 Å². The standard InChI is InChI=1S/C28H22N4O8S/c1-4-39-27(34)24-16(3)29-28-30(25(24)18-9-8-15(2)21(13-18)32(37)38)26(33)23(41-28)14-20-10-11-22(40-20)17-6-5-7-19(12-17)31(35)36/h5-14,25H,4H2,1-3H3/b23-14+/t25-/m0/s1. The van der Waals surface area contributed by atoms with E-state index >= 15 is 0 Å². The Balaban J connectivity index is 1.65. The number of esters is 1. The number of aryl methyl sites for hydroxylation is 1. The van der Waals surface area contributed by atoms with Crippen LogP contribution in [0.3, 0.4) is 0 Å². The maximum atomic E-state index is 13.8. The summed E-state index contributed by atoms with van der Waals surface area (Å²) < 4.78 is 12.7. The number of allylic oxidation sites excluding steroid dienone is 1. The molecule has 2 aromatic heterocycles. The van der Waals surface area contributed by atoms with Gasteiger partial charge in [0.2, 0.25) is 0 Å². The van der Waals surface area contributed by atoms with Gasteiger partial charge in [0.15, 0.2) is 4.80 Å². The average molecular weight is 575 g/mol. The molecule has 0 fully saturated rings. The van der Waals surface area contributed by atoms with Crippen molar-refractivity contribution in [3.05, 3.63) is 123 Å². The summed E-state index contributed by atoms with van der Waals surface area (Å²) in [6.07, 6.45) is 1.52. The molecular weight excluding hydrogens is 552 g/mol. The second-order valence-electron chi connectivity index (χ2n) is 9.11. The first kappa shape index (κ1) is 27.4. The molecule has 0 unspecified atom stereocenters. The van der Waals surface area contributed by atoms with Crippen molar-refractivity contribution in [2.24, 2.45) is 4.99 Å². The number of fused-ring (bicyclic) bond motifs is 1. The molecule has 0 N–H and O–H groups in total. The van der Waals surface area contributed by atoms with E-state index in [-0.39, 0.29) is 28.1 Å². The Morgan fingerprint density at radius 2 is 1.90 bits per heavy atom. The van der Waals surface area contributed by atoms with Crippen molar-refractivity contribution in [3.63, 3.8) is 0 Å². The van der Waals surface area contributed by atoms with Gasteiger partial charge in [0.25, 0.3) is 16.9 Å². The van der Waals surface area contributed by atoms with Gasteiger partial charge in [-0.1, -0.05) is 35.6 Å². The highest BCUT2D eigenvalue weighted by Gasteiger charge is 2.34. The maximum Gasteiger partial charge on any atom is 0.338 e. The molecule has 0 aliphatic carbocycles. The Kier molecular flexibility index (Phi) is 7.20. The fraction of sp³-hybridized carbons (Fsp3) is 0.179. The number of nitrogens with zero attached hydrogens (tertiary/aromatic N) is 4. The van der Waals surface area contributed by atoms with Crippen molar-refractivity contribution in [2.45, 2.75) is 26.8 Å². The summed E-state index contributed by atoms with van der Waals surface area (Å²) >= 11 is 1.07. The summed E-state index contributed by atoms with van der Waals surface area (Å²) in [6, 6.07) is 12.8. The predicted molar refractivity (Wildman–Crippen MR) is 149 cm³/mol. The van der Waals surface area contributed by atoms with Crippen LogP contribution in [0.5, 0.6) is 0 Å². The molecule has 4 aromatic rings. The highest BCUT2D eigenvalue weighted by molar-refractivity contribution is 7.07. The first-order valence-electron chi connectivity index (χ1n) is 12.4. The molecule has 13 heteroatoms. The van der Waals surface area contributed by atoms with Crippen LogP contribution in [-0.4, -0.2) is 27.0 Å². The summed E-state index contributed by atoms with van der Waals surface area (Å²) in [5.41, 5.74) is 1.01. The van der Waals surface area contributed by atoms with Gasteiger partial charge >= 0.3 is 5.97 Å². The van der Waals surface area contributed by atoms with Crippen molar-refractivity contribution < 1.29 is 23.8 Å². The molecule has 12 nitrogen and oxygen atoms in total. The summed E-state index contributed by atoms with van der Waals surface area (Å²) in [7, 11) is 0. The average Bonchev–Trinajstić information content (AvgIpc) is 3.52. The van der Waals surface area contributed by atoms with E-state index in [1.807, 2.05) is 0 Å². The number of ether oxygens (including phenoxy) is 1. The third kappa shape index (κ3) is 5.10. The third-order valence-corrected chi connectivity index (χ3v) is 7.49. The normalized spacial score (nSPS) is 14.9. The number of aromatic nitrogens is 1.